The van der Waals surface area contributed by atoms with Crippen LogP contribution < -0.4 is 5.43 Å². The van der Waals surface area contributed by atoms with Gasteiger partial charge in [-0.05, 0) is 56.0 Å². The average molecular weight is 366 g/mol. The van der Waals surface area contributed by atoms with Crippen LogP contribution in [0.15, 0.2) is 44.2 Å². The highest BCUT2D eigenvalue weighted by atomic mass is 16.4. The van der Waals surface area contributed by atoms with E-state index >= 15 is 0 Å². The molecule has 0 spiro atoms. The molecule has 2 atom stereocenters. The Kier molecular flexibility index (Phi) is 4.38. The summed E-state index contributed by atoms with van der Waals surface area (Å²) >= 11 is 0. The number of carboxylic acid groups (broad SMARTS) is 1. The van der Waals surface area contributed by atoms with Gasteiger partial charge in [-0.2, -0.15) is 0 Å². The van der Waals surface area contributed by atoms with E-state index in [1.807, 2.05) is 13.0 Å². The number of furan rings is 1. The normalized spacial score (nSPS) is 18.7. The van der Waals surface area contributed by atoms with Crippen LogP contribution in [-0.2, 0) is 6.42 Å². The van der Waals surface area contributed by atoms with Crippen molar-refractivity contribution in [2.24, 2.45) is 0 Å². The van der Waals surface area contributed by atoms with E-state index in [4.69, 9.17) is 8.83 Å². The fourth-order valence-electron chi connectivity index (χ4n) is 3.81. The summed E-state index contributed by atoms with van der Waals surface area (Å²) in [5.41, 5.74) is 2.24. The Morgan fingerprint density at radius 3 is 2.67 bits per heavy atom. The van der Waals surface area contributed by atoms with Crippen molar-refractivity contribution in [1.29, 1.82) is 0 Å². The Balaban J connectivity index is 1.82. The predicted octanol–water partition coefficient (Wildman–Crippen LogP) is 5.01. The van der Waals surface area contributed by atoms with Crippen molar-refractivity contribution in [3.05, 3.63) is 69.0 Å². The quantitative estimate of drug-likeness (QED) is 0.663. The zero-order chi connectivity index (χ0) is 19.1. The molecule has 0 bridgehead atoms. The number of aromatic carboxylic acids is 1. The lowest BCUT2D eigenvalue weighted by Crippen LogP contribution is -2.13. The third-order valence-electron chi connectivity index (χ3n) is 5.41. The summed E-state index contributed by atoms with van der Waals surface area (Å²) in [6.07, 6.45) is 5.09. The van der Waals surface area contributed by atoms with E-state index in [1.165, 1.54) is 12.1 Å². The van der Waals surface area contributed by atoms with Crippen LogP contribution in [0.2, 0.25) is 0 Å². The first-order valence-corrected chi connectivity index (χ1v) is 9.38. The van der Waals surface area contributed by atoms with E-state index in [2.05, 4.69) is 6.92 Å². The highest BCUT2D eigenvalue weighted by Gasteiger charge is 2.46. The number of aryl methyl sites for hydroxylation is 1. The van der Waals surface area contributed by atoms with Gasteiger partial charge in [0.05, 0.1) is 17.2 Å². The second kappa shape index (κ2) is 6.72. The maximum absolute atomic E-state index is 13.1. The van der Waals surface area contributed by atoms with Crippen LogP contribution in [0.25, 0.3) is 11.0 Å². The molecule has 1 aliphatic rings. The van der Waals surface area contributed by atoms with Gasteiger partial charge in [-0.15, -0.1) is 0 Å². The first-order valence-electron chi connectivity index (χ1n) is 9.38. The highest BCUT2D eigenvalue weighted by Crippen LogP contribution is 2.56. The zero-order valence-corrected chi connectivity index (χ0v) is 15.5. The summed E-state index contributed by atoms with van der Waals surface area (Å²) in [6, 6.07) is 6.43. The molecule has 1 N–H and O–H groups in total. The van der Waals surface area contributed by atoms with E-state index in [-0.39, 0.29) is 22.8 Å². The molecule has 5 nitrogen and oxygen atoms in total. The lowest BCUT2D eigenvalue weighted by Gasteiger charge is -2.10. The third kappa shape index (κ3) is 3.07. The molecule has 3 aromatic rings. The number of fused-ring (bicyclic) bond motifs is 1. The summed E-state index contributed by atoms with van der Waals surface area (Å²) in [7, 11) is 0. The van der Waals surface area contributed by atoms with E-state index < -0.39 is 5.97 Å². The molecule has 5 heteroatoms. The van der Waals surface area contributed by atoms with E-state index in [1.54, 1.807) is 12.3 Å². The van der Waals surface area contributed by atoms with Gasteiger partial charge in [-0.25, -0.2) is 4.79 Å². The molecule has 2 aromatic heterocycles. The van der Waals surface area contributed by atoms with Crippen molar-refractivity contribution in [3.8, 4) is 0 Å². The molecule has 1 aliphatic carbocycles. The number of hydrogen-bond acceptors (Lipinski definition) is 4. The number of unbranched alkanes of at least 4 members (excludes halogenated alkanes) is 1. The van der Waals surface area contributed by atoms with Crippen LogP contribution in [-0.4, -0.2) is 11.1 Å². The zero-order valence-electron chi connectivity index (χ0n) is 15.5. The number of carboxylic acids is 1. The maximum Gasteiger partial charge on any atom is 0.335 e. The lowest BCUT2D eigenvalue weighted by molar-refractivity contribution is 0.0697. The molecule has 2 heterocycles. The van der Waals surface area contributed by atoms with Gasteiger partial charge >= 0.3 is 5.97 Å². The predicted molar refractivity (Wildman–Crippen MR) is 102 cm³/mol. The molecule has 1 saturated carbocycles. The fourth-order valence-corrected chi connectivity index (χ4v) is 3.81. The largest absolute Gasteiger partial charge is 0.478 e. The van der Waals surface area contributed by atoms with Crippen molar-refractivity contribution < 1.29 is 18.7 Å². The standard InChI is InChI=1S/C22H22O5/c1-3-4-5-14-19(23)17-10-13(22(24)25)6-7-18(17)27-21(14)16-11-15(16)20-12(2)8-9-26-20/h6-10,15-16H,3-5,11H2,1-2H3,(H,24,25). The lowest BCUT2D eigenvalue weighted by atomic mass is 10.00. The molecule has 0 amide bonds. The Morgan fingerprint density at radius 2 is 2.00 bits per heavy atom. The van der Waals surface area contributed by atoms with Crippen molar-refractivity contribution in [3.63, 3.8) is 0 Å². The molecule has 2 unspecified atom stereocenters. The second-order valence-corrected chi connectivity index (χ2v) is 7.31. The molecule has 0 saturated heterocycles. The summed E-state index contributed by atoms with van der Waals surface area (Å²) < 4.78 is 11.8. The van der Waals surface area contributed by atoms with Gasteiger partial charge < -0.3 is 13.9 Å². The Labute approximate surface area is 156 Å². The number of hydrogen-bond donors (Lipinski definition) is 1. The Morgan fingerprint density at radius 1 is 1.22 bits per heavy atom. The van der Waals surface area contributed by atoms with E-state index in [9.17, 15) is 14.7 Å². The van der Waals surface area contributed by atoms with Gasteiger partial charge in [0.25, 0.3) is 0 Å². The minimum atomic E-state index is -1.05. The number of rotatable bonds is 6. The van der Waals surface area contributed by atoms with Gasteiger partial charge in [0.2, 0.25) is 0 Å². The molecule has 1 aromatic carbocycles. The monoisotopic (exact) mass is 366 g/mol. The van der Waals surface area contributed by atoms with Crippen LogP contribution in [0.3, 0.4) is 0 Å². The molecule has 0 radical (unpaired) electrons. The van der Waals surface area contributed by atoms with E-state index in [0.29, 0.717) is 23.0 Å². The first kappa shape index (κ1) is 17.6. The van der Waals surface area contributed by atoms with Crippen LogP contribution >= 0.6 is 0 Å². The number of carbonyl (C=O) groups is 1. The van der Waals surface area contributed by atoms with Crippen molar-refractivity contribution >= 4 is 16.9 Å². The van der Waals surface area contributed by atoms with Gasteiger partial charge in [-0.3, -0.25) is 4.79 Å². The second-order valence-electron chi connectivity index (χ2n) is 7.31. The molecule has 1 fully saturated rings. The van der Waals surface area contributed by atoms with Gasteiger partial charge in [0.1, 0.15) is 17.1 Å². The fraction of sp³-hybridized carbons (Fsp3) is 0.364. The van der Waals surface area contributed by atoms with Crippen LogP contribution in [0.4, 0.5) is 0 Å². The summed E-state index contributed by atoms with van der Waals surface area (Å²) in [5.74, 6) is 1.03. The van der Waals surface area contributed by atoms with Crippen molar-refractivity contribution in [2.75, 3.05) is 0 Å². The number of benzene rings is 1. The van der Waals surface area contributed by atoms with Crippen LogP contribution in [0.1, 0.15) is 71.0 Å². The minimum Gasteiger partial charge on any atom is -0.478 e. The van der Waals surface area contributed by atoms with Gasteiger partial charge in [0.15, 0.2) is 5.43 Å². The highest BCUT2D eigenvalue weighted by molar-refractivity contribution is 5.92. The van der Waals surface area contributed by atoms with Crippen LogP contribution in [0, 0.1) is 6.92 Å². The average Bonchev–Trinajstić information content (AvgIpc) is 3.33. The van der Waals surface area contributed by atoms with E-state index in [0.717, 1.165) is 36.3 Å². The maximum atomic E-state index is 13.1. The molecule has 4 rings (SSSR count). The first-order chi connectivity index (χ1) is 13.0. The molecular formula is C22H22O5. The summed E-state index contributed by atoms with van der Waals surface area (Å²) in [5, 5.41) is 9.57. The van der Waals surface area contributed by atoms with Crippen LogP contribution in [0.5, 0.6) is 0 Å². The molecular weight excluding hydrogens is 344 g/mol. The summed E-state index contributed by atoms with van der Waals surface area (Å²) in [4.78, 5) is 24.4. The third-order valence-corrected chi connectivity index (χ3v) is 5.41. The molecule has 140 valence electrons. The summed E-state index contributed by atoms with van der Waals surface area (Å²) in [6.45, 7) is 4.10. The topological polar surface area (TPSA) is 80.7 Å². The smallest absolute Gasteiger partial charge is 0.335 e. The van der Waals surface area contributed by atoms with Crippen molar-refractivity contribution in [2.45, 2.75) is 51.4 Å². The minimum absolute atomic E-state index is 0.0968. The van der Waals surface area contributed by atoms with Crippen molar-refractivity contribution in [1.82, 2.24) is 0 Å². The van der Waals surface area contributed by atoms with Gasteiger partial charge in [0, 0.05) is 17.4 Å². The molecule has 27 heavy (non-hydrogen) atoms. The Bertz CT molecular complexity index is 1070. The molecule has 0 aliphatic heterocycles. The SMILES string of the molecule is CCCCc1c(C2CC2c2occc2C)oc2ccc(C(=O)O)cc2c1=O. The van der Waals surface area contributed by atoms with Gasteiger partial charge in [-0.1, -0.05) is 13.3 Å². The Hall–Kier alpha value is -2.82.